The van der Waals surface area contributed by atoms with Crippen molar-refractivity contribution in [2.75, 3.05) is 14.2 Å². The lowest BCUT2D eigenvalue weighted by molar-refractivity contribution is 0.355. The molecule has 3 heteroatoms. The van der Waals surface area contributed by atoms with Gasteiger partial charge >= 0.3 is 0 Å². The highest BCUT2D eigenvalue weighted by molar-refractivity contribution is 5.89. The van der Waals surface area contributed by atoms with Gasteiger partial charge in [0.1, 0.15) is 0 Å². The van der Waals surface area contributed by atoms with Gasteiger partial charge in [-0.25, -0.2) is 0 Å². The second-order valence-electron chi connectivity index (χ2n) is 4.15. The van der Waals surface area contributed by atoms with Crippen LogP contribution in [-0.2, 0) is 0 Å². The molecule has 0 bridgehead atoms. The van der Waals surface area contributed by atoms with Crippen LogP contribution >= 0.6 is 0 Å². The van der Waals surface area contributed by atoms with Crippen LogP contribution in [0.1, 0.15) is 11.1 Å². The first kappa shape index (κ1) is 13.7. The minimum absolute atomic E-state index is 0.609. The van der Waals surface area contributed by atoms with E-state index < -0.39 is 0 Å². The standard InChI is InChI=1S/C17H15NO2/c1-19-16-9-8-13(11-17(16)20-2)10-15(12-18)14-6-4-3-5-7-14/h3-11H,1-2H3. The lowest BCUT2D eigenvalue weighted by Crippen LogP contribution is -1.90. The van der Waals surface area contributed by atoms with Gasteiger partial charge in [0.2, 0.25) is 0 Å². The van der Waals surface area contributed by atoms with Crippen LogP contribution in [0.15, 0.2) is 48.5 Å². The number of nitriles is 1. The van der Waals surface area contributed by atoms with Crippen LogP contribution in [0.5, 0.6) is 11.5 Å². The summed E-state index contributed by atoms with van der Waals surface area (Å²) in [4.78, 5) is 0. The number of rotatable bonds is 4. The molecule has 0 saturated carbocycles. The lowest BCUT2D eigenvalue weighted by Gasteiger charge is -2.08. The van der Waals surface area contributed by atoms with Crippen LogP contribution in [0.25, 0.3) is 11.6 Å². The Morgan fingerprint density at radius 2 is 1.70 bits per heavy atom. The zero-order valence-corrected chi connectivity index (χ0v) is 11.5. The predicted molar refractivity (Wildman–Crippen MR) is 79.5 cm³/mol. The summed E-state index contributed by atoms with van der Waals surface area (Å²) >= 11 is 0. The quantitative estimate of drug-likeness (QED) is 0.624. The highest BCUT2D eigenvalue weighted by Gasteiger charge is 2.05. The maximum absolute atomic E-state index is 9.29. The molecule has 0 unspecified atom stereocenters. The lowest BCUT2D eigenvalue weighted by atomic mass is 10.0. The molecule has 2 aromatic carbocycles. The molecular formula is C17H15NO2. The van der Waals surface area contributed by atoms with Gasteiger partial charge in [0.25, 0.3) is 0 Å². The van der Waals surface area contributed by atoms with Gasteiger partial charge in [0, 0.05) is 0 Å². The molecule has 0 radical (unpaired) electrons. The smallest absolute Gasteiger partial charge is 0.161 e. The summed E-state index contributed by atoms with van der Waals surface area (Å²) in [6.45, 7) is 0. The van der Waals surface area contributed by atoms with Crippen molar-refractivity contribution in [1.82, 2.24) is 0 Å². The number of allylic oxidation sites excluding steroid dienone is 1. The Morgan fingerprint density at radius 1 is 1.00 bits per heavy atom. The number of benzene rings is 2. The number of methoxy groups -OCH3 is 2. The molecule has 0 N–H and O–H groups in total. The van der Waals surface area contributed by atoms with E-state index in [4.69, 9.17) is 9.47 Å². The maximum Gasteiger partial charge on any atom is 0.161 e. The SMILES string of the molecule is COc1ccc(C=C(C#N)c2ccccc2)cc1OC. The minimum atomic E-state index is 0.609. The van der Waals surface area contributed by atoms with Gasteiger partial charge in [-0.3, -0.25) is 0 Å². The summed E-state index contributed by atoms with van der Waals surface area (Å²) < 4.78 is 10.5. The second kappa shape index (κ2) is 6.44. The Kier molecular flexibility index (Phi) is 4.41. The zero-order chi connectivity index (χ0) is 14.4. The van der Waals surface area contributed by atoms with Crippen molar-refractivity contribution >= 4 is 11.6 Å². The highest BCUT2D eigenvalue weighted by atomic mass is 16.5. The fourth-order valence-electron chi connectivity index (χ4n) is 1.91. The van der Waals surface area contributed by atoms with Crippen molar-refractivity contribution in [2.24, 2.45) is 0 Å². The molecule has 20 heavy (non-hydrogen) atoms. The third-order valence-electron chi connectivity index (χ3n) is 2.92. The van der Waals surface area contributed by atoms with Crippen LogP contribution in [0.4, 0.5) is 0 Å². The fourth-order valence-corrected chi connectivity index (χ4v) is 1.91. The van der Waals surface area contributed by atoms with E-state index in [1.807, 2.05) is 54.6 Å². The summed E-state index contributed by atoms with van der Waals surface area (Å²) in [5.41, 5.74) is 2.39. The van der Waals surface area contributed by atoms with Gasteiger partial charge in [-0.15, -0.1) is 0 Å². The Balaban J connectivity index is 2.41. The first-order valence-electron chi connectivity index (χ1n) is 6.17. The summed E-state index contributed by atoms with van der Waals surface area (Å²) in [6, 6.07) is 17.4. The van der Waals surface area contributed by atoms with E-state index >= 15 is 0 Å². The number of hydrogen-bond donors (Lipinski definition) is 0. The van der Waals surface area contributed by atoms with E-state index in [1.165, 1.54) is 0 Å². The van der Waals surface area contributed by atoms with Crippen LogP contribution in [0.3, 0.4) is 0 Å². The third kappa shape index (κ3) is 2.99. The van der Waals surface area contributed by atoms with Crippen LogP contribution < -0.4 is 9.47 Å². The van der Waals surface area contributed by atoms with Crippen molar-refractivity contribution < 1.29 is 9.47 Å². The largest absolute Gasteiger partial charge is 0.493 e. The van der Waals surface area contributed by atoms with Gasteiger partial charge < -0.3 is 9.47 Å². The van der Waals surface area contributed by atoms with E-state index in [0.717, 1.165) is 11.1 Å². The van der Waals surface area contributed by atoms with E-state index in [-0.39, 0.29) is 0 Å². The average Bonchev–Trinajstić information content (AvgIpc) is 2.53. The minimum Gasteiger partial charge on any atom is -0.493 e. The molecule has 0 saturated heterocycles. The van der Waals surface area contributed by atoms with Crippen molar-refractivity contribution in [3.8, 4) is 17.6 Å². The van der Waals surface area contributed by atoms with E-state index in [2.05, 4.69) is 6.07 Å². The summed E-state index contributed by atoms with van der Waals surface area (Å²) in [7, 11) is 3.19. The van der Waals surface area contributed by atoms with Gasteiger partial charge in [-0.05, 0) is 29.3 Å². The Morgan fingerprint density at radius 3 is 2.30 bits per heavy atom. The maximum atomic E-state index is 9.29. The van der Waals surface area contributed by atoms with Crippen molar-refractivity contribution in [1.29, 1.82) is 5.26 Å². The Labute approximate surface area is 118 Å². The Bertz CT molecular complexity index is 654. The zero-order valence-electron chi connectivity index (χ0n) is 11.5. The van der Waals surface area contributed by atoms with Crippen LogP contribution in [-0.4, -0.2) is 14.2 Å². The van der Waals surface area contributed by atoms with E-state index in [0.29, 0.717) is 17.1 Å². The summed E-state index contributed by atoms with van der Waals surface area (Å²) in [5, 5.41) is 9.29. The highest BCUT2D eigenvalue weighted by Crippen LogP contribution is 2.29. The molecule has 0 amide bonds. The van der Waals surface area contributed by atoms with Gasteiger partial charge in [-0.2, -0.15) is 5.26 Å². The molecular weight excluding hydrogens is 250 g/mol. The topological polar surface area (TPSA) is 42.2 Å². The molecule has 0 aliphatic rings. The number of hydrogen-bond acceptors (Lipinski definition) is 3. The molecule has 0 fully saturated rings. The number of ether oxygens (including phenoxy) is 2. The molecule has 0 spiro atoms. The van der Waals surface area contributed by atoms with E-state index in [1.54, 1.807) is 14.2 Å². The Hall–Kier alpha value is -2.73. The first-order chi connectivity index (χ1) is 9.78. The first-order valence-corrected chi connectivity index (χ1v) is 6.17. The predicted octanol–water partition coefficient (Wildman–Crippen LogP) is 3.77. The number of nitrogens with zero attached hydrogens (tertiary/aromatic N) is 1. The van der Waals surface area contributed by atoms with Crippen LogP contribution in [0.2, 0.25) is 0 Å². The van der Waals surface area contributed by atoms with Crippen molar-refractivity contribution in [2.45, 2.75) is 0 Å². The molecule has 2 aromatic rings. The molecule has 0 aliphatic heterocycles. The van der Waals surface area contributed by atoms with Crippen molar-refractivity contribution in [3.05, 3.63) is 59.7 Å². The molecule has 100 valence electrons. The molecule has 3 nitrogen and oxygen atoms in total. The molecule has 0 heterocycles. The normalized spacial score (nSPS) is 10.8. The van der Waals surface area contributed by atoms with E-state index in [9.17, 15) is 5.26 Å². The molecule has 2 rings (SSSR count). The fraction of sp³-hybridized carbons (Fsp3) is 0.118. The summed E-state index contributed by atoms with van der Waals surface area (Å²) in [6.07, 6.45) is 1.83. The van der Waals surface area contributed by atoms with Gasteiger partial charge in [0.15, 0.2) is 11.5 Å². The van der Waals surface area contributed by atoms with Crippen LogP contribution in [0, 0.1) is 11.3 Å². The third-order valence-corrected chi connectivity index (χ3v) is 2.92. The second-order valence-corrected chi connectivity index (χ2v) is 4.15. The van der Waals surface area contributed by atoms with Gasteiger partial charge in [0.05, 0.1) is 25.9 Å². The van der Waals surface area contributed by atoms with Crippen molar-refractivity contribution in [3.63, 3.8) is 0 Å². The van der Waals surface area contributed by atoms with Gasteiger partial charge in [-0.1, -0.05) is 36.4 Å². The summed E-state index contributed by atoms with van der Waals surface area (Å²) in [5.74, 6) is 1.31. The molecule has 0 atom stereocenters. The molecule has 0 aromatic heterocycles. The average molecular weight is 265 g/mol. The monoisotopic (exact) mass is 265 g/mol. The molecule has 0 aliphatic carbocycles.